The number of halogens is 1. The van der Waals surface area contributed by atoms with Crippen molar-refractivity contribution in [3.63, 3.8) is 0 Å². The van der Waals surface area contributed by atoms with E-state index in [1.807, 2.05) is 0 Å². The summed E-state index contributed by atoms with van der Waals surface area (Å²) in [5.41, 5.74) is 0.802. The zero-order valence-electron chi connectivity index (χ0n) is 13.9. The fourth-order valence-electron chi connectivity index (χ4n) is 2.14. The summed E-state index contributed by atoms with van der Waals surface area (Å²) in [7, 11) is 0. The molecule has 0 bridgehead atoms. The Morgan fingerprint density at radius 2 is 1.88 bits per heavy atom. The zero-order chi connectivity index (χ0) is 17.9. The number of esters is 1. The minimum absolute atomic E-state index is 0.112. The van der Waals surface area contributed by atoms with Crippen LogP contribution >= 0.6 is 11.6 Å². The van der Waals surface area contributed by atoms with Crippen LogP contribution in [0, 0.1) is 0 Å². The van der Waals surface area contributed by atoms with Gasteiger partial charge in [0.2, 0.25) is 11.8 Å². The number of ether oxygens (including phenoxy) is 1. The molecule has 0 aliphatic heterocycles. The second kappa shape index (κ2) is 10.6. The molecular formula is C17H23ClN2O4. The summed E-state index contributed by atoms with van der Waals surface area (Å²) in [5, 5.41) is 6.08. The average molecular weight is 355 g/mol. The second-order valence-corrected chi connectivity index (χ2v) is 5.70. The number of carbonyl (C=O) groups excluding carboxylic acids is 3. The predicted molar refractivity (Wildman–Crippen MR) is 91.5 cm³/mol. The molecule has 0 saturated heterocycles. The monoisotopic (exact) mass is 354 g/mol. The highest BCUT2D eigenvalue weighted by atomic mass is 35.5. The molecule has 0 aromatic heterocycles. The molecule has 1 atom stereocenters. The van der Waals surface area contributed by atoms with E-state index in [1.165, 1.54) is 6.92 Å². The molecule has 0 spiro atoms. The van der Waals surface area contributed by atoms with Crippen molar-refractivity contribution in [1.29, 1.82) is 0 Å². The van der Waals surface area contributed by atoms with E-state index >= 15 is 0 Å². The van der Waals surface area contributed by atoms with Gasteiger partial charge in [-0.15, -0.1) is 0 Å². The van der Waals surface area contributed by atoms with Crippen molar-refractivity contribution in [1.82, 2.24) is 10.6 Å². The smallest absolute Gasteiger partial charge is 0.305 e. The van der Waals surface area contributed by atoms with E-state index in [-0.39, 0.29) is 30.6 Å². The summed E-state index contributed by atoms with van der Waals surface area (Å²) in [6.07, 6.45) is 0.886. The van der Waals surface area contributed by atoms with Gasteiger partial charge in [-0.3, -0.25) is 14.4 Å². The molecule has 0 radical (unpaired) electrons. The number of hydrogen-bond donors (Lipinski definition) is 2. The van der Waals surface area contributed by atoms with Crippen LogP contribution in [0.2, 0.25) is 5.02 Å². The molecule has 24 heavy (non-hydrogen) atoms. The van der Waals surface area contributed by atoms with E-state index in [0.717, 1.165) is 5.56 Å². The lowest BCUT2D eigenvalue weighted by molar-refractivity contribution is -0.143. The van der Waals surface area contributed by atoms with Crippen molar-refractivity contribution < 1.29 is 19.1 Å². The Labute approximate surface area is 146 Å². The van der Waals surface area contributed by atoms with Gasteiger partial charge in [-0.1, -0.05) is 23.7 Å². The molecule has 1 rings (SSSR count). The van der Waals surface area contributed by atoms with Crippen LogP contribution in [0.25, 0.3) is 0 Å². The summed E-state index contributed by atoms with van der Waals surface area (Å²) in [6, 6.07) is 6.55. The lowest BCUT2D eigenvalue weighted by atomic mass is 10.0. The van der Waals surface area contributed by atoms with E-state index in [1.54, 1.807) is 31.2 Å². The third kappa shape index (κ3) is 7.97. The van der Waals surface area contributed by atoms with Gasteiger partial charge in [0.25, 0.3) is 0 Å². The average Bonchev–Trinajstić information content (AvgIpc) is 2.51. The summed E-state index contributed by atoms with van der Waals surface area (Å²) in [6.45, 7) is 3.88. The molecule has 1 unspecified atom stereocenters. The van der Waals surface area contributed by atoms with Gasteiger partial charge in [-0.2, -0.15) is 0 Å². The van der Waals surface area contributed by atoms with Crippen LogP contribution in [0.15, 0.2) is 24.3 Å². The third-order valence-electron chi connectivity index (χ3n) is 3.22. The Balaban J connectivity index is 2.48. The van der Waals surface area contributed by atoms with Crippen molar-refractivity contribution in [2.45, 2.75) is 39.2 Å². The fourth-order valence-corrected chi connectivity index (χ4v) is 2.27. The Morgan fingerprint density at radius 3 is 2.46 bits per heavy atom. The Hall–Kier alpha value is -2.08. The molecule has 1 aromatic rings. The molecule has 6 nitrogen and oxygen atoms in total. The highest BCUT2D eigenvalue weighted by Gasteiger charge is 2.17. The number of nitrogens with one attached hydrogen (secondary N) is 2. The van der Waals surface area contributed by atoms with Gasteiger partial charge in [-0.05, 0) is 31.0 Å². The Morgan fingerprint density at radius 1 is 1.21 bits per heavy atom. The number of rotatable bonds is 9. The molecule has 2 N–H and O–H groups in total. The predicted octanol–water partition coefficient (Wildman–Crippen LogP) is 2.37. The van der Waals surface area contributed by atoms with Crippen LogP contribution in [0.3, 0.4) is 0 Å². The first-order valence-corrected chi connectivity index (χ1v) is 8.25. The third-order valence-corrected chi connectivity index (χ3v) is 3.48. The van der Waals surface area contributed by atoms with Gasteiger partial charge in [0.1, 0.15) is 0 Å². The molecule has 2 amide bonds. The van der Waals surface area contributed by atoms with E-state index in [9.17, 15) is 14.4 Å². The van der Waals surface area contributed by atoms with Gasteiger partial charge in [0.05, 0.1) is 19.1 Å². The fraction of sp³-hybridized carbons (Fsp3) is 0.471. The maximum atomic E-state index is 12.0. The molecule has 7 heteroatoms. The van der Waals surface area contributed by atoms with Crippen LogP contribution in [-0.2, 0) is 19.1 Å². The van der Waals surface area contributed by atoms with Gasteiger partial charge in [0.15, 0.2) is 0 Å². The zero-order valence-corrected chi connectivity index (χ0v) is 14.7. The number of hydrogen-bond acceptors (Lipinski definition) is 4. The summed E-state index contributed by atoms with van der Waals surface area (Å²) in [4.78, 5) is 34.6. The molecule has 0 aliphatic rings. The lowest BCUT2D eigenvalue weighted by Crippen LogP contribution is -2.33. The van der Waals surface area contributed by atoms with E-state index in [2.05, 4.69) is 10.6 Å². The Kier molecular flexibility index (Phi) is 8.86. The highest BCUT2D eigenvalue weighted by molar-refractivity contribution is 6.30. The minimum Gasteiger partial charge on any atom is -0.466 e. The summed E-state index contributed by atoms with van der Waals surface area (Å²) < 4.78 is 4.81. The van der Waals surface area contributed by atoms with Crippen molar-refractivity contribution in [2.24, 2.45) is 0 Å². The van der Waals surface area contributed by atoms with E-state index < -0.39 is 6.04 Å². The molecule has 0 heterocycles. The molecule has 0 fully saturated rings. The first-order valence-electron chi connectivity index (χ1n) is 7.87. The quantitative estimate of drug-likeness (QED) is 0.526. The molecule has 132 valence electrons. The van der Waals surface area contributed by atoms with Crippen LogP contribution in [0.1, 0.15) is 44.7 Å². The van der Waals surface area contributed by atoms with E-state index in [0.29, 0.717) is 24.6 Å². The van der Waals surface area contributed by atoms with Crippen molar-refractivity contribution >= 4 is 29.4 Å². The number of carbonyl (C=O) groups is 3. The Bertz CT molecular complexity index is 560. The normalized spacial score (nSPS) is 11.5. The van der Waals surface area contributed by atoms with Crippen molar-refractivity contribution in [3.8, 4) is 0 Å². The SMILES string of the molecule is CCOC(=O)CCCNC(=O)CC(NC(C)=O)c1ccc(Cl)cc1. The summed E-state index contributed by atoms with van der Waals surface area (Å²) in [5.74, 6) is -0.693. The standard InChI is InChI=1S/C17H23ClN2O4/c1-3-24-17(23)5-4-10-19-16(22)11-15(20-12(2)21)13-6-8-14(18)9-7-13/h6-9,15H,3-5,10-11H2,1-2H3,(H,19,22)(H,20,21). The van der Waals surface area contributed by atoms with Crippen molar-refractivity contribution in [2.75, 3.05) is 13.2 Å². The van der Waals surface area contributed by atoms with Gasteiger partial charge in [0, 0.05) is 24.9 Å². The highest BCUT2D eigenvalue weighted by Crippen LogP contribution is 2.19. The van der Waals surface area contributed by atoms with E-state index in [4.69, 9.17) is 16.3 Å². The maximum absolute atomic E-state index is 12.0. The molecule has 0 aliphatic carbocycles. The van der Waals surface area contributed by atoms with Gasteiger partial charge >= 0.3 is 5.97 Å². The van der Waals surface area contributed by atoms with Gasteiger partial charge < -0.3 is 15.4 Å². The first kappa shape index (κ1) is 20.0. The van der Waals surface area contributed by atoms with Gasteiger partial charge in [-0.25, -0.2) is 0 Å². The van der Waals surface area contributed by atoms with Crippen molar-refractivity contribution in [3.05, 3.63) is 34.9 Å². The van der Waals surface area contributed by atoms with Crippen LogP contribution < -0.4 is 10.6 Å². The van der Waals surface area contributed by atoms with Crippen LogP contribution in [0.5, 0.6) is 0 Å². The molecular weight excluding hydrogens is 332 g/mol. The number of benzene rings is 1. The number of amides is 2. The first-order chi connectivity index (χ1) is 11.4. The summed E-state index contributed by atoms with van der Waals surface area (Å²) >= 11 is 5.86. The minimum atomic E-state index is -0.426. The topological polar surface area (TPSA) is 84.5 Å². The maximum Gasteiger partial charge on any atom is 0.305 e. The second-order valence-electron chi connectivity index (χ2n) is 5.27. The largest absolute Gasteiger partial charge is 0.466 e. The molecule has 0 saturated carbocycles. The van der Waals surface area contributed by atoms with Crippen LogP contribution in [-0.4, -0.2) is 30.9 Å². The lowest BCUT2D eigenvalue weighted by Gasteiger charge is -2.18. The molecule has 1 aromatic carbocycles. The van der Waals surface area contributed by atoms with Crippen LogP contribution in [0.4, 0.5) is 0 Å².